The molecule has 0 saturated carbocycles. The van der Waals surface area contributed by atoms with Gasteiger partial charge < -0.3 is 4.74 Å². The van der Waals surface area contributed by atoms with E-state index in [0.717, 1.165) is 16.7 Å². The number of carbonyl (C=O) groups is 1. The molecule has 0 aliphatic rings. The van der Waals surface area contributed by atoms with Gasteiger partial charge in [0.1, 0.15) is 0 Å². The van der Waals surface area contributed by atoms with E-state index < -0.39 is 0 Å². The second kappa shape index (κ2) is 6.80. The number of rotatable bonds is 6. The van der Waals surface area contributed by atoms with Gasteiger partial charge in [-0.25, -0.2) is 0 Å². The maximum atomic E-state index is 12.2. The molecular weight excluding hydrogens is 224 g/mol. The molecule has 18 heavy (non-hydrogen) atoms. The largest absolute Gasteiger partial charge is 0.490 e. The van der Waals surface area contributed by atoms with Crippen LogP contribution in [0.4, 0.5) is 0 Å². The third-order valence-corrected chi connectivity index (χ3v) is 2.86. The Bertz CT molecular complexity index is 455. The molecule has 0 aromatic heterocycles. The highest BCUT2D eigenvalue weighted by Crippen LogP contribution is 2.22. The molecule has 0 heterocycles. The SMILES string of the molecule is C=C(OCC)C(=O)/C(CC)=C(\C)c1ccccc1. The summed E-state index contributed by atoms with van der Waals surface area (Å²) in [6, 6.07) is 9.90. The van der Waals surface area contributed by atoms with E-state index in [9.17, 15) is 4.79 Å². The Kier molecular flexibility index (Phi) is 5.37. The minimum Gasteiger partial charge on any atom is -0.490 e. The van der Waals surface area contributed by atoms with Crippen LogP contribution in [0.25, 0.3) is 5.57 Å². The van der Waals surface area contributed by atoms with Gasteiger partial charge in [-0.05, 0) is 31.4 Å². The first-order chi connectivity index (χ1) is 8.61. The molecule has 1 aromatic carbocycles. The van der Waals surface area contributed by atoms with Crippen LogP contribution in [0.3, 0.4) is 0 Å². The van der Waals surface area contributed by atoms with Gasteiger partial charge in [-0.2, -0.15) is 0 Å². The molecule has 0 fully saturated rings. The van der Waals surface area contributed by atoms with Crippen LogP contribution in [0.1, 0.15) is 32.8 Å². The lowest BCUT2D eigenvalue weighted by Gasteiger charge is -2.12. The molecule has 1 aromatic rings. The molecule has 1 rings (SSSR count). The molecule has 0 atom stereocenters. The van der Waals surface area contributed by atoms with Crippen molar-refractivity contribution in [1.29, 1.82) is 0 Å². The summed E-state index contributed by atoms with van der Waals surface area (Å²) in [7, 11) is 0. The quantitative estimate of drug-likeness (QED) is 0.558. The molecule has 96 valence electrons. The first kappa shape index (κ1) is 14.2. The third-order valence-electron chi connectivity index (χ3n) is 2.86. The van der Waals surface area contributed by atoms with Crippen molar-refractivity contribution in [2.45, 2.75) is 27.2 Å². The van der Waals surface area contributed by atoms with Crippen molar-refractivity contribution in [2.75, 3.05) is 6.61 Å². The molecule has 0 aliphatic heterocycles. The molecule has 0 N–H and O–H groups in total. The number of ketones is 1. The van der Waals surface area contributed by atoms with Gasteiger partial charge in [0.25, 0.3) is 0 Å². The Morgan fingerprint density at radius 1 is 1.22 bits per heavy atom. The zero-order chi connectivity index (χ0) is 13.5. The van der Waals surface area contributed by atoms with Gasteiger partial charge in [0.15, 0.2) is 5.76 Å². The highest BCUT2D eigenvalue weighted by molar-refractivity contribution is 6.11. The predicted octanol–water partition coefficient (Wildman–Crippen LogP) is 3.99. The lowest BCUT2D eigenvalue weighted by molar-refractivity contribution is -0.115. The van der Waals surface area contributed by atoms with Crippen molar-refractivity contribution in [1.82, 2.24) is 0 Å². The Morgan fingerprint density at radius 2 is 1.83 bits per heavy atom. The van der Waals surface area contributed by atoms with Crippen LogP contribution in [-0.2, 0) is 9.53 Å². The Hall–Kier alpha value is -1.83. The minimum absolute atomic E-state index is 0.0966. The molecule has 0 aliphatic carbocycles. The maximum Gasteiger partial charge on any atom is 0.223 e. The Labute approximate surface area is 109 Å². The van der Waals surface area contributed by atoms with Crippen LogP contribution < -0.4 is 0 Å². The van der Waals surface area contributed by atoms with Crippen molar-refractivity contribution >= 4 is 11.4 Å². The van der Waals surface area contributed by atoms with E-state index in [1.54, 1.807) is 0 Å². The van der Waals surface area contributed by atoms with E-state index in [1.165, 1.54) is 0 Å². The van der Waals surface area contributed by atoms with E-state index in [4.69, 9.17) is 4.74 Å². The summed E-state index contributed by atoms with van der Waals surface area (Å²) < 4.78 is 5.19. The van der Waals surface area contributed by atoms with Crippen LogP contribution in [0, 0.1) is 0 Å². The van der Waals surface area contributed by atoms with E-state index in [-0.39, 0.29) is 11.5 Å². The second-order valence-corrected chi connectivity index (χ2v) is 4.01. The highest BCUT2D eigenvalue weighted by Gasteiger charge is 2.16. The molecule has 0 bridgehead atoms. The first-order valence-corrected chi connectivity index (χ1v) is 6.23. The lowest BCUT2D eigenvalue weighted by Crippen LogP contribution is -2.09. The van der Waals surface area contributed by atoms with Crippen molar-refractivity contribution < 1.29 is 9.53 Å². The van der Waals surface area contributed by atoms with Gasteiger partial charge >= 0.3 is 0 Å². The fourth-order valence-corrected chi connectivity index (χ4v) is 1.87. The van der Waals surface area contributed by atoms with Crippen LogP contribution in [-0.4, -0.2) is 12.4 Å². The van der Waals surface area contributed by atoms with Gasteiger partial charge in [-0.1, -0.05) is 43.8 Å². The Balaban J connectivity index is 3.08. The summed E-state index contributed by atoms with van der Waals surface area (Å²) in [5, 5.41) is 0. The predicted molar refractivity (Wildman–Crippen MR) is 75.1 cm³/mol. The normalized spacial score (nSPS) is 11.7. The monoisotopic (exact) mass is 244 g/mol. The summed E-state index contributed by atoms with van der Waals surface area (Å²) in [6.07, 6.45) is 0.672. The standard InChI is InChI=1S/C16H20O2/c1-5-15(16(17)13(4)18-6-2)12(3)14-10-8-7-9-11-14/h7-11H,4-6H2,1-3H3/b15-12+. The van der Waals surface area contributed by atoms with Crippen molar-refractivity contribution in [3.63, 3.8) is 0 Å². The number of Topliss-reactive ketones (excluding diaryl/α,β-unsaturated/α-hetero) is 1. The fraction of sp³-hybridized carbons (Fsp3) is 0.312. The molecule has 2 heteroatoms. The average molecular weight is 244 g/mol. The number of ether oxygens (including phenoxy) is 1. The maximum absolute atomic E-state index is 12.2. The molecule has 0 unspecified atom stereocenters. The van der Waals surface area contributed by atoms with Crippen LogP contribution in [0.2, 0.25) is 0 Å². The smallest absolute Gasteiger partial charge is 0.223 e. The van der Waals surface area contributed by atoms with Crippen molar-refractivity contribution in [3.8, 4) is 0 Å². The molecule has 0 saturated heterocycles. The first-order valence-electron chi connectivity index (χ1n) is 6.23. The second-order valence-electron chi connectivity index (χ2n) is 4.01. The number of carbonyl (C=O) groups excluding carboxylic acids is 1. The number of benzene rings is 1. The zero-order valence-electron chi connectivity index (χ0n) is 11.3. The topological polar surface area (TPSA) is 26.3 Å². The van der Waals surface area contributed by atoms with Crippen LogP contribution in [0.15, 0.2) is 48.2 Å². The molecule has 0 amide bonds. The van der Waals surface area contributed by atoms with E-state index >= 15 is 0 Å². The summed E-state index contributed by atoms with van der Waals surface area (Å²) in [5.74, 6) is 0.130. The van der Waals surface area contributed by atoms with Crippen molar-refractivity contribution in [2.24, 2.45) is 0 Å². The summed E-state index contributed by atoms with van der Waals surface area (Å²) in [5.41, 5.74) is 2.82. The Morgan fingerprint density at radius 3 is 2.33 bits per heavy atom. The zero-order valence-corrected chi connectivity index (χ0v) is 11.3. The van der Waals surface area contributed by atoms with Gasteiger partial charge in [-0.15, -0.1) is 0 Å². The van der Waals surface area contributed by atoms with E-state index in [0.29, 0.717) is 13.0 Å². The summed E-state index contributed by atoms with van der Waals surface area (Å²) >= 11 is 0. The summed E-state index contributed by atoms with van der Waals surface area (Å²) in [6.45, 7) is 9.93. The van der Waals surface area contributed by atoms with Crippen LogP contribution >= 0.6 is 0 Å². The molecule has 0 spiro atoms. The number of allylic oxidation sites excluding steroid dienone is 2. The number of hydrogen-bond acceptors (Lipinski definition) is 2. The fourth-order valence-electron chi connectivity index (χ4n) is 1.87. The van der Waals surface area contributed by atoms with Gasteiger partial charge in [-0.3, -0.25) is 4.79 Å². The average Bonchev–Trinajstić information content (AvgIpc) is 2.40. The van der Waals surface area contributed by atoms with Crippen molar-refractivity contribution in [3.05, 3.63) is 53.8 Å². The highest BCUT2D eigenvalue weighted by atomic mass is 16.5. The van der Waals surface area contributed by atoms with E-state index in [2.05, 4.69) is 6.58 Å². The summed E-state index contributed by atoms with van der Waals surface area (Å²) in [4.78, 5) is 12.2. The third kappa shape index (κ3) is 3.33. The van der Waals surface area contributed by atoms with Crippen LogP contribution in [0.5, 0.6) is 0 Å². The number of hydrogen-bond donors (Lipinski definition) is 0. The molecular formula is C16H20O2. The van der Waals surface area contributed by atoms with Gasteiger partial charge in [0, 0.05) is 5.57 Å². The minimum atomic E-state index is -0.0966. The molecule has 2 nitrogen and oxygen atoms in total. The van der Waals surface area contributed by atoms with E-state index in [1.807, 2.05) is 51.1 Å². The lowest BCUT2D eigenvalue weighted by atomic mass is 9.96. The molecule has 0 radical (unpaired) electrons. The van der Waals surface area contributed by atoms with Gasteiger partial charge in [0.05, 0.1) is 6.61 Å². The van der Waals surface area contributed by atoms with Gasteiger partial charge in [0.2, 0.25) is 5.78 Å².